The van der Waals surface area contributed by atoms with Crippen LogP contribution in [0.2, 0.25) is 0 Å². The molecule has 0 radical (unpaired) electrons. The zero-order valence-corrected chi connectivity index (χ0v) is 35.1. The number of esters is 1. The quantitative estimate of drug-likeness (QED) is 0.0543. The molecule has 1 N–H and O–H groups in total. The molecule has 0 heterocycles. The molecule has 2 aromatic carbocycles. The van der Waals surface area contributed by atoms with Gasteiger partial charge >= 0.3 is 12.1 Å². The largest absolute Gasteiger partial charge is 0.463 e. The van der Waals surface area contributed by atoms with E-state index in [1.54, 1.807) is 0 Å². The van der Waals surface area contributed by atoms with Crippen molar-refractivity contribution in [2.45, 2.75) is 77.0 Å². The van der Waals surface area contributed by atoms with Crippen molar-refractivity contribution in [1.29, 1.82) is 0 Å². The Balaban J connectivity index is 0.942. The fourth-order valence-corrected chi connectivity index (χ4v) is 6.38. The van der Waals surface area contributed by atoms with Gasteiger partial charge in [-0.05, 0) is 28.7 Å². The average Bonchev–Trinajstić information content (AvgIpc) is 3.56. The maximum atomic E-state index is 12.3. The molecule has 58 heavy (non-hydrogen) atoms. The lowest BCUT2D eigenvalue weighted by molar-refractivity contribution is -0.145. The van der Waals surface area contributed by atoms with E-state index in [-0.39, 0.29) is 25.1 Å². The van der Waals surface area contributed by atoms with Crippen LogP contribution in [0.15, 0.2) is 48.5 Å². The Labute approximate surface area is 347 Å². The fourth-order valence-electron chi connectivity index (χ4n) is 6.38. The molecular formula is C45H71NO12. The highest BCUT2D eigenvalue weighted by atomic mass is 16.6. The monoisotopic (exact) mass is 817 g/mol. The average molecular weight is 818 g/mol. The van der Waals surface area contributed by atoms with E-state index in [9.17, 15) is 9.59 Å². The van der Waals surface area contributed by atoms with Crippen molar-refractivity contribution in [3.05, 3.63) is 59.7 Å². The molecule has 2 aromatic rings. The van der Waals surface area contributed by atoms with Crippen molar-refractivity contribution in [1.82, 2.24) is 5.32 Å². The van der Waals surface area contributed by atoms with E-state index < -0.39 is 6.09 Å². The van der Waals surface area contributed by atoms with Gasteiger partial charge in [-0.15, -0.1) is 0 Å². The van der Waals surface area contributed by atoms with Crippen LogP contribution >= 0.6 is 0 Å². The Morgan fingerprint density at radius 1 is 0.466 bits per heavy atom. The lowest BCUT2D eigenvalue weighted by atomic mass is 9.98. The SMILES string of the molecule is CCCCCCCCCCCC(=O)OCCOCCOCCOCCOCCOCCOCCOCCOCCNC(=O)OCC1c2ccccc2-c2ccccc21. The number of alkyl carbamates (subject to hydrolysis) is 1. The summed E-state index contributed by atoms with van der Waals surface area (Å²) in [4.78, 5) is 24.1. The van der Waals surface area contributed by atoms with Crippen LogP contribution < -0.4 is 5.32 Å². The van der Waals surface area contributed by atoms with Crippen molar-refractivity contribution in [2.24, 2.45) is 0 Å². The third-order valence-corrected chi connectivity index (χ3v) is 9.44. The predicted octanol–water partition coefficient (Wildman–Crippen LogP) is 7.12. The summed E-state index contributed by atoms with van der Waals surface area (Å²) in [6, 6.07) is 16.5. The van der Waals surface area contributed by atoms with Gasteiger partial charge in [0.25, 0.3) is 0 Å². The van der Waals surface area contributed by atoms with Gasteiger partial charge in [-0.1, -0.05) is 107 Å². The van der Waals surface area contributed by atoms with Crippen molar-refractivity contribution in [3.63, 3.8) is 0 Å². The fraction of sp³-hybridized carbons (Fsp3) is 0.689. The molecule has 0 aromatic heterocycles. The Hall–Kier alpha value is -3.14. The third kappa shape index (κ3) is 23.5. The topological polar surface area (TPSA) is 138 Å². The van der Waals surface area contributed by atoms with E-state index in [1.165, 1.54) is 67.2 Å². The molecule has 0 saturated heterocycles. The molecule has 0 aliphatic heterocycles. The summed E-state index contributed by atoms with van der Waals surface area (Å²) >= 11 is 0. The normalized spacial score (nSPS) is 12.1. The van der Waals surface area contributed by atoms with Crippen LogP contribution in [0.1, 0.15) is 88.2 Å². The molecule has 0 saturated carbocycles. The highest BCUT2D eigenvalue weighted by Crippen LogP contribution is 2.44. The number of unbranched alkanes of at least 4 members (excludes halogenated alkanes) is 8. The van der Waals surface area contributed by atoms with Crippen LogP contribution in [0, 0.1) is 0 Å². The highest BCUT2D eigenvalue weighted by molar-refractivity contribution is 5.79. The predicted molar refractivity (Wildman–Crippen MR) is 222 cm³/mol. The van der Waals surface area contributed by atoms with E-state index in [2.05, 4.69) is 36.5 Å². The van der Waals surface area contributed by atoms with Crippen molar-refractivity contribution >= 4 is 12.1 Å². The summed E-state index contributed by atoms with van der Waals surface area (Å²) in [5.74, 6) is -0.106. The van der Waals surface area contributed by atoms with Crippen LogP contribution in [-0.4, -0.2) is 138 Å². The minimum Gasteiger partial charge on any atom is -0.463 e. The van der Waals surface area contributed by atoms with Gasteiger partial charge in [0.1, 0.15) is 13.2 Å². The smallest absolute Gasteiger partial charge is 0.407 e. The van der Waals surface area contributed by atoms with E-state index in [4.69, 9.17) is 47.4 Å². The Kier molecular flexibility index (Phi) is 29.4. The molecule has 13 heteroatoms. The Bertz CT molecular complexity index is 1270. The number of hydrogen-bond acceptors (Lipinski definition) is 12. The van der Waals surface area contributed by atoms with Crippen molar-refractivity contribution in [3.8, 4) is 11.1 Å². The van der Waals surface area contributed by atoms with Crippen molar-refractivity contribution in [2.75, 3.05) is 125 Å². The minimum absolute atomic E-state index is 0.0351. The standard InChI is InChI=1S/C45H71NO12/c1-2-3-4-5-6-7-8-9-10-19-44(47)57-37-36-56-35-34-55-33-32-54-31-30-53-29-28-52-27-26-51-25-24-50-23-22-49-21-20-46-45(48)58-38-43-41-17-13-11-15-39(41)40-16-12-14-18-42(40)43/h11-18,43H,2-10,19-38H2,1H3,(H,46,48). The number of ether oxygens (including phenoxy) is 10. The lowest BCUT2D eigenvalue weighted by Crippen LogP contribution is -2.29. The zero-order chi connectivity index (χ0) is 41.0. The van der Waals surface area contributed by atoms with Crippen LogP contribution in [0.4, 0.5) is 4.79 Å². The number of rotatable bonds is 39. The van der Waals surface area contributed by atoms with Crippen LogP contribution in [0.5, 0.6) is 0 Å². The second kappa shape index (κ2) is 34.7. The Morgan fingerprint density at radius 3 is 1.29 bits per heavy atom. The van der Waals surface area contributed by atoms with Gasteiger partial charge in [0.15, 0.2) is 0 Å². The van der Waals surface area contributed by atoms with Gasteiger partial charge in [-0.25, -0.2) is 4.79 Å². The van der Waals surface area contributed by atoms with Crippen LogP contribution in [-0.2, 0) is 52.2 Å². The van der Waals surface area contributed by atoms with Gasteiger partial charge in [0.05, 0.1) is 106 Å². The number of fused-ring (bicyclic) bond motifs is 3. The first-order chi connectivity index (χ1) is 28.7. The summed E-state index contributed by atoms with van der Waals surface area (Å²) in [7, 11) is 0. The molecule has 0 fully saturated rings. The highest BCUT2D eigenvalue weighted by Gasteiger charge is 2.29. The number of hydrogen-bond donors (Lipinski definition) is 1. The molecule has 1 aliphatic carbocycles. The van der Waals surface area contributed by atoms with Crippen LogP contribution in [0.3, 0.4) is 0 Å². The Morgan fingerprint density at radius 2 is 0.845 bits per heavy atom. The zero-order valence-electron chi connectivity index (χ0n) is 35.1. The molecule has 328 valence electrons. The minimum atomic E-state index is -0.453. The van der Waals surface area contributed by atoms with Gasteiger partial charge in [0.2, 0.25) is 0 Å². The van der Waals surface area contributed by atoms with Crippen LogP contribution in [0.25, 0.3) is 11.1 Å². The third-order valence-electron chi connectivity index (χ3n) is 9.44. The molecule has 3 rings (SSSR count). The summed E-state index contributed by atoms with van der Waals surface area (Å²) < 4.78 is 54.8. The first-order valence-corrected chi connectivity index (χ1v) is 21.6. The summed E-state index contributed by atoms with van der Waals surface area (Å²) in [5, 5.41) is 2.74. The molecule has 1 aliphatic rings. The number of amides is 1. The summed E-state index contributed by atoms with van der Waals surface area (Å²) in [5.41, 5.74) is 4.77. The molecule has 0 unspecified atom stereocenters. The molecule has 0 atom stereocenters. The van der Waals surface area contributed by atoms with Gasteiger partial charge in [0, 0.05) is 18.9 Å². The number of carbonyl (C=O) groups excluding carboxylic acids is 2. The number of carbonyl (C=O) groups is 2. The second-order valence-electron chi connectivity index (χ2n) is 14.0. The second-order valence-corrected chi connectivity index (χ2v) is 14.0. The molecule has 1 amide bonds. The van der Waals surface area contributed by atoms with Crippen molar-refractivity contribution < 1.29 is 57.0 Å². The van der Waals surface area contributed by atoms with E-state index in [1.807, 2.05) is 24.3 Å². The van der Waals surface area contributed by atoms with Gasteiger partial charge < -0.3 is 52.7 Å². The first-order valence-electron chi connectivity index (χ1n) is 21.6. The lowest BCUT2D eigenvalue weighted by Gasteiger charge is -2.14. The first kappa shape index (κ1) is 49.2. The van der Waals surface area contributed by atoms with Gasteiger partial charge in [-0.3, -0.25) is 4.79 Å². The maximum absolute atomic E-state index is 12.3. The van der Waals surface area contributed by atoms with E-state index >= 15 is 0 Å². The van der Waals surface area contributed by atoms with E-state index in [0.29, 0.717) is 119 Å². The van der Waals surface area contributed by atoms with E-state index in [0.717, 1.165) is 12.8 Å². The van der Waals surface area contributed by atoms with Gasteiger partial charge in [-0.2, -0.15) is 0 Å². The maximum Gasteiger partial charge on any atom is 0.407 e. The molecule has 0 spiro atoms. The number of nitrogens with one attached hydrogen (secondary N) is 1. The number of benzene rings is 2. The molecule has 0 bridgehead atoms. The molecule has 13 nitrogen and oxygen atoms in total. The summed E-state index contributed by atoms with van der Waals surface area (Å²) in [6.45, 7) is 10.4. The molecular weight excluding hydrogens is 746 g/mol. The summed E-state index contributed by atoms with van der Waals surface area (Å²) in [6.07, 6.45) is 11.1.